The summed E-state index contributed by atoms with van der Waals surface area (Å²) in [5.41, 5.74) is -7.96. The summed E-state index contributed by atoms with van der Waals surface area (Å²) in [5, 5.41) is 54.6. The summed E-state index contributed by atoms with van der Waals surface area (Å²) in [4.78, 5) is 73.7. The molecule has 5 N–H and O–H groups in total. The van der Waals surface area contributed by atoms with Crippen LogP contribution in [0.2, 0.25) is 0 Å². The lowest BCUT2D eigenvalue weighted by molar-refractivity contribution is -0.311. The maximum atomic E-state index is 12.7. The minimum Gasteiger partial charge on any atom is -0.465 e. The zero-order valence-corrected chi connectivity index (χ0v) is 59.8. The summed E-state index contributed by atoms with van der Waals surface area (Å²) in [6.45, 7) is 33.6. The Morgan fingerprint density at radius 3 is 1.12 bits per heavy atom. The Bertz CT molecular complexity index is 2650. The Kier molecular flexibility index (Phi) is 19.2. The second-order valence-corrected chi connectivity index (χ2v) is 37.4. The van der Waals surface area contributed by atoms with Gasteiger partial charge in [0.15, 0.2) is 6.61 Å². The van der Waals surface area contributed by atoms with Gasteiger partial charge in [-0.2, -0.15) is 0 Å². The van der Waals surface area contributed by atoms with E-state index < -0.39 is 78.0 Å². The summed E-state index contributed by atoms with van der Waals surface area (Å²) < 4.78 is 34.3. The lowest BCUT2D eigenvalue weighted by atomic mass is 9.39. The average molecular weight is 1300 g/mol. The first-order chi connectivity index (χ1) is 42.1. The van der Waals surface area contributed by atoms with Gasteiger partial charge in [-0.3, -0.25) is 24.0 Å². The van der Waals surface area contributed by atoms with Gasteiger partial charge in [-0.25, -0.2) is 4.79 Å². The normalized spacial score (nSPS) is 43.5. The Balaban J connectivity index is 0.000000145. The van der Waals surface area contributed by atoms with E-state index in [9.17, 15) is 54.3 Å². The van der Waals surface area contributed by atoms with Crippen molar-refractivity contribution in [2.45, 2.75) is 348 Å². The van der Waals surface area contributed by atoms with Crippen molar-refractivity contribution in [1.82, 2.24) is 0 Å². The minimum atomic E-state index is -0.922. The number of hydrogen-bond donors (Lipinski definition) is 5. The third-order valence-corrected chi connectivity index (χ3v) is 26.5. The zero-order chi connectivity index (χ0) is 68.4. The van der Waals surface area contributed by atoms with Gasteiger partial charge in [-0.05, 0) is 243 Å². The molecule has 0 aliphatic heterocycles. The van der Waals surface area contributed by atoms with Gasteiger partial charge in [0, 0.05) is 43.9 Å². The molecule has 0 spiro atoms. The minimum absolute atomic E-state index is 0.0260. The molecule has 16 saturated carbocycles. The highest BCUT2D eigenvalue weighted by atomic mass is 16.6. The highest BCUT2D eigenvalue weighted by molar-refractivity contribution is 5.80. The third kappa shape index (κ3) is 14.6. The van der Waals surface area contributed by atoms with E-state index in [4.69, 9.17) is 28.4 Å². The van der Waals surface area contributed by atoms with Crippen LogP contribution in [-0.2, 0) is 57.2 Å². The number of carbonyl (C=O) groups is 6. The SMILES string of the molecule is CCC(C)(C)C(=O)OC12CC3(C)CC(C)(CC(O)(C3)C1C)C2.CCC(C)(C)C(=O)OC12CC3(C)CC(O)(CC(O)(C3)C1C)C2.CCC(C)(C)C(=O)OCC(=O)OC12CC3CC(CC(O)(C3)C1)C2.CCC(C)(C)C(=O)OCCCC(=O)OC12CC3CC(CC(O)(C3)C1)C2. The number of aliphatic hydroxyl groups is 5. The maximum Gasteiger partial charge on any atom is 0.344 e. The first-order valence-corrected chi connectivity index (χ1v) is 35.9. The molecule has 16 bridgehead atoms. The van der Waals surface area contributed by atoms with E-state index in [1.807, 2.05) is 76.2 Å². The number of esters is 6. The van der Waals surface area contributed by atoms with Crippen LogP contribution >= 0.6 is 0 Å². The van der Waals surface area contributed by atoms with Gasteiger partial charge in [-0.1, -0.05) is 62.3 Å². The van der Waals surface area contributed by atoms with Crippen LogP contribution < -0.4 is 0 Å². The molecule has 0 aromatic heterocycles. The van der Waals surface area contributed by atoms with Crippen molar-refractivity contribution in [3.05, 3.63) is 0 Å². The van der Waals surface area contributed by atoms with E-state index in [0.29, 0.717) is 81.5 Å². The summed E-state index contributed by atoms with van der Waals surface area (Å²) in [6, 6.07) is 0. The molecule has 16 fully saturated rings. The molecule has 12 unspecified atom stereocenters. The summed E-state index contributed by atoms with van der Waals surface area (Å²) in [5.74, 6) is 0.182. The van der Waals surface area contributed by atoms with E-state index in [1.165, 1.54) is 6.42 Å². The number of carbonyl (C=O) groups excluding carboxylic acids is 6. The summed E-state index contributed by atoms with van der Waals surface area (Å²) in [6.07, 6.45) is 21.6. The number of rotatable bonds is 18. The van der Waals surface area contributed by atoms with Gasteiger partial charge in [0.2, 0.25) is 0 Å². The Hall–Kier alpha value is -3.38. The van der Waals surface area contributed by atoms with Crippen molar-refractivity contribution in [3.63, 3.8) is 0 Å². The summed E-state index contributed by atoms with van der Waals surface area (Å²) >= 11 is 0. The molecular formula is C75H122O17. The molecule has 12 atom stereocenters. The van der Waals surface area contributed by atoms with Gasteiger partial charge in [0.25, 0.3) is 0 Å². The van der Waals surface area contributed by atoms with Crippen molar-refractivity contribution in [2.24, 2.45) is 73.4 Å². The van der Waals surface area contributed by atoms with Crippen LogP contribution in [0, 0.1) is 73.4 Å². The topological polar surface area (TPSA) is 259 Å². The van der Waals surface area contributed by atoms with E-state index in [2.05, 4.69) is 27.7 Å². The molecule has 0 heterocycles. The van der Waals surface area contributed by atoms with E-state index in [0.717, 1.165) is 109 Å². The molecule has 92 heavy (non-hydrogen) atoms. The lowest BCUT2D eigenvalue weighted by Crippen LogP contribution is -2.74. The first-order valence-electron chi connectivity index (χ1n) is 35.9. The van der Waals surface area contributed by atoms with Crippen LogP contribution in [0.15, 0.2) is 0 Å². The molecule has 17 heteroatoms. The van der Waals surface area contributed by atoms with Crippen LogP contribution in [-0.4, -0.2) is 125 Å². The molecule has 16 aliphatic carbocycles. The van der Waals surface area contributed by atoms with E-state index in [-0.39, 0.29) is 77.6 Å². The van der Waals surface area contributed by atoms with E-state index in [1.54, 1.807) is 13.8 Å². The number of hydrogen-bond acceptors (Lipinski definition) is 17. The maximum absolute atomic E-state index is 12.7. The number of ether oxygens (including phenoxy) is 6. The van der Waals surface area contributed by atoms with Gasteiger partial charge < -0.3 is 54.0 Å². The fourth-order valence-electron chi connectivity index (χ4n) is 22.0. The van der Waals surface area contributed by atoms with Crippen molar-refractivity contribution in [2.75, 3.05) is 13.2 Å². The molecule has 16 rings (SSSR count). The van der Waals surface area contributed by atoms with Gasteiger partial charge in [0.1, 0.15) is 22.4 Å². The van der Waals surface area contributed by atoms with Crippen LogP contribution in [0.5, 0.6) is 0 Å². The highest BCUT2D eigenvalue weighted by Crippen LogP contribution is 2.71. The van der Waals surface area contributed by atoms with Crippen LogP contribution in [0.4, 0.5) is 0 Å². The van der Waals surface area contributed by atoms with Gasteiger partial charge in [-0.15, -0.1) is 0 Å². The second-order valence-electron chi connectivity index (χ2n) is 37.4. The van der Waals surface area contributed by atoms with Gasteiger partial charge in [0.05, 0.1) is 56.3 Å². The third-order valence-electron chi connectivity index (χ3n) is 26.5. The quantitative estimate of drug-likeness (QED) is 0.0485. The predicted octanol–water partition coefficient (Wildman–Crippen LogP) is 12.8. The zero-order valence-electron chi connectivity index (χ0n) is 59.8. The fourth-order valence-corrected chi connectivity index (χ4v) is 22.0. The molecule has 17 nitrogen and oxygen atoms in total. The van der Waals surface area contributed by atoms with Crippen molar-refractivity contribution < 1.29 is 82.7 Å². The lowest BCUT2D eigenvalue weighted by Gasteiger charge is -2.70. The van der Waals surface area contributed by atoms with Crippen LogP contribution in [0.1, 0.15) is 297 Å². The molecule has 0 aromatic rings. The highest BCUT2D eigenvalue weighted by Gasteiger charge is 2.73. The molecule has 16 aliphatic rings. The van der Waals surface area contributed by atoms with Crippen LogP contribution in [0.3, 0.4) is 0 Å². The molecule has 524 valence electrons. The molecule has 0 saturated heterocycles. The van der Waals surface area contributed by atoms with Crippen LogP contribution in [0.25, 0.3) is 0 Å². The molecule has 0 radical (unpaired) electrons. The monoisotopic (exact) mass is 1290 g/mol. The fraction of sp³-hybridized carbons (Fsp3) is 0.920. The van der Waals surface area contributed by atoms with Crippen molar-refractivity contribution in [3.8, 4) is 0 Å². The Morgan fingerprint density at radius 2 is 0.739 bits per heavy atom. The first kappa shape index (κ1) is 72.9. The predicted molar refractivity (Wildman–Crippen MR) is 346 cm³/mol. The standard InChI is InChI=1S/C20H32O5.C19H32O3.C18H28O5.C18H30O4/c1-4-18(2,3)17(22)24-7-5-6-16(21)25-20-11-14-8-15(12-20)10-19(23,9-14)13-20;1-7-15(3,4)14(20)22-19-11-16(5)8-17(6,12-19)10-18(21,9-16)13(19)2;1-4-16(2,3)15(20)22-10-14(19)23-18-8-12-5-13(9-18)7-17(21,6-12)11-18;1-6-14(3,4)13(19)22-18-9-15(5)7-16(20,11-18)10-17(21,8-15)12(18)2/h14-15,23H,4-13H2,1-3H3;13,21H,7-12H2,1-6H3;12-13,21H,4-11H2,1-3H3;12,20-21H,6-11H2,1-5H3. The smallest absolute Gasteiger partial charge is 0.344 e. The summed E-state index contributed by atoms with van der Waals surface area (Å²) in [7, 11) is 0. The average Bonchev–Trinajstić information content (AvgIpc) is 0.726. The Labute approximate surface area is 550 Å². The second kappa shape index (κ2) is 24.3. The van der Waals surface area contributed by atoms with Crippen molar-refractivity contribution in [1.29, 1.82) is 0 Å². The van der Waals surface area contributed by atoms with Gasteiger partial charge >= 0.3 is 35.8 Å². The molecule has 0 aromatic carbocycles. The molecular weight excluding hydrogens is 1170 g/mol. The van der Waals surface area contributed by atoms with E-state index >= 15 is 0 Å². The Morgan fingerprint density at radius 1 is 0.391 bits per heavy atom. The largest absolute Gasteiger partial charge is 0.465 e. The molecule has 0 amide bonds. The van der Waals surface area contributed by atoms with Crippen molar-refractivity contribution >= 4 is 35.8 Å².